The molecule has 2 rings (SSSR count). The SMILES string of the molecule is NCCOc1cc2c(cc1F)OCO2. The van der Waals surface area contributed by atoms with E-state index in [-0.39, 0.29) is 19.1 Å². The highest BCUT2D eigenvalue weighted by Gasteiger charge is 2.17. The van der Waals surface area contributed by atoms with Crippen LogP contribution in [0.25, 0.3) is 0 Å². The topological polar surface area (TPSA) is 53.7 Å². The summed E-state index contributed by atoms with van der Waals surface area (Å²) in [7, 11) is 0. The molecule has 5 heteroatoms. The Kier molecular flexibility index (Phi) is 2.41. The second-order valence-electron chi connectivity index (χ2n) is 2.77. The van der Waals surface area contributed by atoms with Crippen molar-refractivity contribution in [2.24, 2.45) is 5.73 Å². The molecule has 1 heterocycles. The third-order valence-electron chi connectivity index (χ3n) is 1.80. The Morgan fingerprint density at radius 3 is 2.79 bits per heavy atom. The van der Waals surface area contributed by atoms with E-state index < -0.39 is 5.82 Å². The van der Waals surface area contributed by atoms with Gasteiger partial charge in [0.25, 0.3) is 0 Å². The molecule has 76 valence electrons. The predicted molar refractivity (Wildman–Crippen MR) is 47.1 cm³/mol. The van der Waals surface area contributed by atoms with Gasteiger partial charge >= 0.3 is 0 Å². The Morgan fingerprint density at radius 2 is 2.07 bits per heavy atom. The van der Waals surface area contributed by atoms with Gasteiger partial charge in [0.1, 0.15) is 6.61 Å². The lowest BCUT2D eigenvalue weighted by molar-refractivity contribution is 0.173. The molecule has 2 N–H and O–H groups in total. The van der Waals surface area contributed by atoms with Crippen LogP contribution in [0.2, 0.25) is 0 Å². The molecule has 0 radical (unpaired) electrons. The van der Waals surface area contributed by atoms with E-state index in [0.717, 1.165) is 0 Å². The standard InChI is InChI=1S/C9H10FNO3/c10-6-3-8-9(14-5-13-8)4-7(6)12-2-1-11/h3-4H,1-2,5,11H2. The van der Waals surface area contributed by atoms with Crippen molar-refractivity contribution in [1.29, 1.82) is 0 Å². The summed E-state index contributed by atoms with van der Waals surface area (Å²) in [6.07, 6.45) is 0. The lowest BCUT2D eigenvalue weighted by Gasteiger charge is -2.06. The van der Waals surface area contributed by atoms with Gasteiger partial charge in [0.15, 0.2) is 23.1 Å². The van der Waals surface area contributed by atoms with E-state index in [1.165, 1.54) is 12.1 Å². The van der Waals surface area contributed by atoms with Crippen molar-refractivity contribution >= 4 is 0 Å². The van der Waals surface area contributed by atoms with Gasteiger partial charge in [-0.3, -0.25) is 0 Å². The fourth-order valence-electron chi connectivity index (χ4n) is 1.18. The highest BCUT2D eigenvalue weighted by Crippen LogP contribution is 2.37. The minimum absolute atomic E-state index is 0.120. The van der Waals surface area contributed by atoms with E-state index >= 15 is 0 Å². The zero-order chi connectivity index (χ0) is 9.97. The van der Waals surface area contributed by atoms with Crippen LogP contribution in [0.1, 0.15) is 0 Å². The molecule has 0 atom stereocenters. The molecule has 1 aliphatic heterocycles. The minimum atomic E-state index is -0.470. The first-order valence-electron chi connectivity index (χ1n) is 4.23. The molecular formula is C9H10FNO3. The number of hydrogen-bond acceptors (Lipinski definition) is 4. The van der Waals surface area contributed by atoms with Crippen LogP contribution in [0.3, 0.4) is 0 Å². The second kappa shape index (κ2) is 3.71. The quantitative estimate of drug-likeness (QED) is 0.785. The Labute approximate surface area is 80.4 Å². The highest BCUT2D eigenvalue weighted by atomic mass is 19.1. The Bertz CT molecular complexity index is 343. The van der Waals surface area contributed by atoms with E-state index in [9.17, 15) is 4.39 Å². The first-order valence-corrected chi connectivity index (χ1v) is 4.23. The Morgan fingerprint density at radius 1 is 1.36 bits per heavy atom. The molecule has 1 aromatic rings. The van der Waals surface area contributed by atoms with Gasteiger partial charge in [-0.25, -0.2) is 4.39 Å². The van der Waals surface area contributed by atoms with Crippen LogP contribution in [0.4, 0.5) is 4.39 Å². The number of benzene rings is 1. The maximum atomic E-state index is 13.3. The molecule has 0 amide bonds. The fraction of sp³-hybridized carbons (Fsp3) is 0.333. The molecule has 0 aromatic heterocycles. The van der Waals surface area contributed by atoms with Crippen LogP contribution in [-0.2, 0) is 0 Å². The van der Waals surface area contributed by atoms with Gasteiger partial charge in [0, 0.05) is 18.7 Å². The summed E-state index contributed by atoms with van der Waals surface area (Å²) in [5.74, 6) is 0.573. The van der Waals surface area contributed by atoms with Gasteiger partial charge < -0.3 is 19.9 Å². The molecule has 14 heavy (non-hydrogen) atoms. The van der Waals surface area contributed by atoms with Crippen LogP contribution in [0.5, 0.6) is 17.2 Å². The van der Waals surface area contributed by atoms with Gasteiger partial charge in [-0.1, -0.05) is 0 Å². The lowest BCUT2D eigenvalue weighted by atomic mass is 10.3. The highest BCUT2D eigenvalue weighted by molar-refractivity contribution is 5.47. The van der Waals surface area contributed by atoms with Crippen molar-refractivity contribution in [3.63, 3.8) is 0 Å². The fourth-order valence-corrected chi connectivity index (χ4v) is 1.18. The van der Waals surface area contributed by atoms with Crippen LogP contribution in [-0.4, -0.2) is 19.9 Å². The van der Waals surface area contributed by atoms with Gasteiger partial charge in [0.05, 0.1) is 0 Å². The molecule has 0 spiro atoms. The number of hydrogen-bond donors (Lipinski definition) is 1. The van der Waals surface area contributed by atoms with Crippen LogP contribution < -0.4 is 19.9 Å². The molecule has 1 aliphatic rings. The first kappa shape index (κ1) is 9.08. The smallest absolute Gasteiger partial charge is 0.231 e. The average molecular weight is 199 g/mol. The zero-order valence-corrected chi connectivity index (χ0v) is 7.46. The van der Waals surface area contributed by atoms with E-state index in [1.54, 1.807) is 0 Å². The molecule has 0 bridgehead atoms. The lowest BCUT2D eigenvalue weighted by Crippen LogP contribution is -2.11. The predicted octanol–water partition coefficient (Wildman–Crippen LogP) is 0.892. The number of fused-ring (bicyclic) bond motifs is 1. The number of halogens is 1. The Hall–Kier alpha value is -1.49. The van der Waals surface area contributed by atoms with Gasteiger partial charge in [-0.15, -0.1) is 0 Å². The number of rotatable bonds is 3. The average Bonchev–Trinajstić information content (AvgIpc) is 2.61. The first-order chi connectivity index (χ1) is 6.81. The summed E-state index contributed by atoms with van der Waals surface area (Å²) >= 11 is 0. The minimum Gasteiger partial charge on any atom is -0.489 e. The zero-order valence-electron chi connectivity index (χ0n) is 7.46. The molecule has 0 unspecified atom stereocenters. The third-order valence-corrected chi connectivity index (χ3v) is 1.80. The molecule has 1 aromatic carbocycles. The van der Waals surface area contributed by atoms with Crippen molar-refractivity contribution in [1.82, 2.24) is 0 Å². The largest absolute Gasteiger partial charge is 0.489 e. The molecule has 0 fully saturated rings. The van der Waals surface area contributed by atoms with Crippen molar-refractivity contribution in [3.05, 3.63) is 17.9 Å². The van der Waals surface area contributed by atoms with Crippen LogP contribution >= 0.6 is 0 Å². The summed E-state index contributed by atoms with van der Waals surface area (Å²) in [6.45, 7) is 0.736. The summed E-state index contributed by atoms with van der Waals surface area (Å²) in [5.41, 5.74) is 5.24. The molecule has 0 saturated heterocycles. The van der Waals surface area contributed by atoms with E-state index in [1.807, 2.05) is 0 Å². The maximum Gasteiger partial charge on any atom is 0.231 e. The molecular weight excluding hydrogens is 189 g/mol. The van der Waals surface area contributed by atoms with Gasteiger partial charge in [-0.2, -0.15) is 0 Å². The van der Waals surface area contributed by atoms with Crippen molar-refractivity contribution in [2.75, 3.05) is 19.9 Å². The van der Waals surface area contributed by atoms with Crippen molar-refractivity contribution in [3.8, 4) is 17.2 Å². The summed E-state index contributed by atoms with van der Waals surface area (Å²) < 4.78 is 28.4. The normalized spacial score (nSPS) is 13.0. The van der Waals surface area contributed by atoms with E-state index in [4.69, 9.17) is 19.9 Å². The van der Waals surface area contributed by atoms with Crippen molar-refractivity contribution in [2.45, 2.75) is 0 Å². The third kappa shape index (κ3) is 1.58. The van der Waals surface area contributed by atoms with Gasteiger partial charge in [-0.05, 0) is 0 Å². The van der Waals surface area contributed by atoms with Crippen LogP contribution in [0, 0.1) is 5.82 Å². The molecule has 0 saturated carbocycles. The summed E-state index contributed by atoms with van der Waals surface area (Å²) in [4.78, 5) is 0. The van der Waals surface area contributed by atoms with Crippen molar-refractivity contribution < 1.29 is 18.6 Å². The maximum absolute atomic E-state index is 13.3. The summed E-state index contributed by atoms with van der Waals surface area (Å²) in [5, 5.41) is 0. The second-order valence-corrected chi connectivity index (χ2v) is 2.77. The van der Waals surface area contributed by atoms with E-state index in [0.29, 0.717) is 18.0 Å². The number of ether oxygens (including phenoxy) is 3. The summed E-state index contributed by atoms with van der Waals surface area (Å²) in [6, 6.07) is 2.71. The Balaban J connectivity index is 2.23. The van der Waals surface area contributed by atoms with Crippen LogP contribution in [0.15, 0.2) is 12.1 Å². The molecule has 4 nitrogen and oxygen atoms in total. The van der Waals surface area contributed by atoms with E-state index in [2.05, 4.69) is 0 Å². The number of nitrogens with two attached hydrogens (primary N) is 1. The monoisotopic (exact) mass is 199 g/mol. The molecule has 0 aliphatic carbocycles. The van der Waals surface area contributed by atoms with Gasteiger partial charge in [0.2, 0.25) is 6.79 Å².